The summed E-state index contributed by atoms with van der Waals surface area (Å²) in [6.07, 6.45) is 2.17. The number of aliphatic hydroxyl groups is 1. The zero-order valence-corrected chi connectivity index (χ0v) is 17.2. The third-order valence-corrected chi connectivity index (χ3v) is 5.47. The zero-order chi connectivity index (χ0) is 20.0. The summed E-state index contributed by atoms with van der Waals surface area (Å²) in [6, 6.07) is 5.38. The van der Waals surface area contributed by atoms with Crippen molar-refractivity contribution in [2.45, 2.75) is 31.6 Å². The third kappa shape index (κ3) is 5.86. The number of nitrogens with zero attached hydrogens (tertiary/aromatic N) is 1. The monoisotopic (exact) mass is 427 g/mol. The molecule has 0 saturated carbocycles. The molecule has 0 unspecified atom stereocenters. The van der Waals surface area contributed by atoms with Crippen LogP contribution in [0.4, 0.5) is 0 Å². The highest BCUT2D eigenvalue weighted by Gasteiger charge is 2.28. The number of hydrogen-bond acceptors (Lipinski definition) is 6. The van der Waals surface area contributed by atoms with E-state index >= 15 is 0 Å². The van der Waals surface area contributed by atoms with E-state index in [0.717, 1.165) is 10.5 Å². The van der Waals surface area contributed by atoms with E-state index in [0.29, 0.717) is 28.8 Å². The van der Waals surface area contributed by atoms with Crippen molar-refractivity contribution in [2.75, 3.05) is 12.4 Å². The number of rotatable bonds is 8. The molecule has 0 bridgehead atoms. The second kappa shape index (κ2) is 9.97. The number of hydrogen-bond donors (Lipinski definition) is 1. The topological polar surface area (TPSA) is 76.0 Å². The Kier molecular flexibility index (Phi) is 7.95. The fourth-order valence-corrected chi connectivity index (χ4v) is 3.74. The van der Waals surface area contributed by atoms with Gasteiger partial charge in [0.2, 0.25) is 5.78 Å². The summed E-state index contributed by atoms with van der Waals surface area (Å²) in [5.41, 5.74) is 0.552. The predicted molar refractivity (Wildman–Crippen MR) is 109 cm³/mol. The molecule has 8 heteroatoms. The minimum absolute atomic E-state index is 0.0266. The van der Waals surface area contributed by atoms with Gasteiger partial charge < -0.3 is 9.94 Å². The summed E-state index contributed by atoms with van der Waals surface area (Å²) >= 11 is 13.5. The molecule has 1 N–H and O–H groups in total. The lowest BCUT2D eigenvalue weighted by Gasteiger charge is -2.15. The average Bonchev–Trinajstić information content (AvgIpc) is 2.62. The highest BCUT2D eigenvalue weighted by molar-refractivity contribution is 7.99. The molecule has 27 heavy (non-hydrogen) atoms. The number of ketones is 2. The maximum Gasteiger partial charge on any atom is 0.217 e. The molecule has 0 radical (unpaired) electrons. The zero-order valence-electron chi connectivity index (χ0n) is 14.9. The first-order valence-electron chi connectivity index (χ1n) is 8.28. The molecule has 2 rings (SSSR count). The Morgan fingerprint density at radius 2 is 2.07 bits per heavy atom. The van der Waals surface area contributed by atoms with E-state index in [1.807, 2.05) is 6.07 Å². The van der Waals surface area contributed by atoms with Crippen LogP contribution >= 0.6 is 35.0 Å². The van der Waals surface area contributed by atoms with Crippen LogP contribution < -0.4 is 0 Å². The highest BCUT2D eigenvalue weighted by atomic mass is 35.5. The van der Waals surface area contributed by atoms with E-state index in [1.165, 1.54) is 13.0 Å². The molecule has 0 fully saturated rings. The first kappa shape index (κ1) is 21.5. The van der Waals surface area contributed by atoms with E-state index in [9.17, 15) is 14.7 Å². The van der Waals surface area contributed by atoms with Crippen molar-refractivity contribution in [1.29, 1.82) is 0 Å². The smallest absolute Gasteiger partial charge is 0.217 e. The molecule has 0 saturated heterocycles. The molecular formula is C19H19Cl2NO4S. The van der Waals surface area contributed by atoms with Gasteiger partial charge in [-0.2, -0.15) is 0 Å². The van der Waals surface area contributed by atoms with Crippen molar-refractivity contribution in [2.24, 2.45) is 5.16 Å². The van der Waals surface area contributed by atoms with Crippen molar-refractivity contribution in [3.8, 4) is 0 Å². The Morgan fingerprint density at radius 3 is 2.70 bits per heavy atom. The van der Waals surface area contributed by atoms with Gasteiger partial charge in [0.15, 0.2) is 5.78 Å². The fourth-order valence-electron chi connectivity index (χ4n) is 2.41. The van der Waals surface area contributed by atoms with Crippen LogP contribution in [0.3, 0.4) is 0 Å². The number of carbonyl (C=O) groups excluding carboxylic acids is 2. The minimum Gasteiger partial charge on any atom is -0.507 e. The number of carbonyl (C=O) groups is 2. The molecule has 1 aromatic rings. The number of oxime groups is 1. The lowest BCUT2D eigenvalue weighted by atomic mass is 9.90. The molecule has 1 aliphatic rings. The molecule has 0 atom stereocenters. The average molecular weight is 428 g/mol. The number of thioether (sulfide) groups is 1. The lowest BCUT2D eigenvalue weighted by molar-refractivity contribution is -0.118. The van der Waals surface area contributed by atoms with Crippen molar-refractivity contribution in [3.63, 3.8) is 0 Å². The van der Waals surface area contributed by atoms with Gasteiger partial charge in [-0.15, -0.1) is 11.8 Å². The third-order valence-electron chi connectivity index (χ3n) is 3.73. The van der Waals surface area contributed by atoms with Gasteiger partial charge in [-0.25, -0.2) is 0 Å². The van der Waals surface area contributed by atoms with Crippen molar-refractivity contribution >= 4 is 52.2 Å². The molecule has 1 aliphatic carbocycles. The Balaban J connectivity index is 2.03. The maximum atomic E-state index is 12.3. The van der Waals surface area contributed by atoms with Gasteiger partial charge in [0.25, 0.3) is 0 Å². The van der Waals surface area contributed by atoms with Gasteiger partial charge in [0, 0.05) is 17.1 Å². The Hall–Kier alpha value is -1.76. The van der Waals surface area contributed by atoms with E-state index < -0.39 is 11.6 Å². The van der Waals surface area contributed by atoms with Crippen molar-refractivity contribution in [3.05, 3.63) is 51.2 Å². The van der Waals surface area contributed by atoms with E-state index in [2.05, 4.69) is 5.16 Å². The summed E-state index contributed by atoms with van der Waals surface area (Å²) in [4.78, 5) is 30.4. The summed E-state index contributed by atoms with van der Waals surface area (Å²) in [7, 11) is 0. The fraction of sp³-hybridized carbons (Fsp3) is 0.316. The number of Topliss-reactive ketones (excluding diaryl/α,β-unsaturated/α-hetero) is 2. The molecule has 1 aromatic carbocycles. The van der Waals surface area contributed by atoms with Crippen LogP contribution in [-0.4, -0.2) is 34.7 Å². The molecule has 0 heterocycles. The number of aliphatic hydroxyl groups excluding tert-OH is 1. The van der Waals surface area contributed by atoms with E-state index in [-0.39, 0.29) is 23.5 Å². The van der Waals surface area contributed by atoms with Gasteiger partial charge in [0.05, 0.1) is 10.0 Å². The molecule has 0 amide bonds. The maximum absolute atomic E-state index is 12.3. The molecule has 0 aliphatic heterocycles. The highest BCUT2D eigenvalue weighted by Crippen LogP contribution is 2.30. The van der Waals surface area contributed by atoms with Crippen LogP contribution in [0.2, 0.25) is 10.0 Å². The first-order valence-corrected chi connectivity index (χ1v) is 10.0. The second-order valence-electron chi connectivity index (χ2n) is 5.76. The van der Waals surface area contributed by atoms with Crippen LogP contribution in [0.25, 0.3) is 0 Å². The van der Waals surface area contributed by atoms with Crippen LogP contribution in [0, 0.1) is 0 Å². The molecule has 0 spiro atoms. The largest absolute Gasteiger partial charge is 0.507 e. The van der Waals surface area contributed by atoms with Crippen molar-refractivity contribution < 1.29 is 19.5 Å². The molecule has 5 nitrogen and oxygen atoms in total. The summed E-state index contributed by atoms with van der Waals surface area (Å²) < 4.78 is 0. The molecular weight excluding hydrogens is 409 g/mol. The quantitative estimate of drug-likeness (QED) is 0.268. The predicted octanol–water partition coefficient (Wildman–Crippen LogP) is 5.17. The van der Waals surface area contributed by atoms with Crippen LogP contribution in [-0.2, 0) is 14.4 Å². The Morgan fingerprint density at radius 1 is 1.33 bits per heavy atom. The minimum atomic E-state index is -0.619. The van der Waals surface area contributed by atoms with Crippen LogP contribution in [0.1, 0.15) is 26.7 Å². The van der Waals surface area contributed by atoms with Crippen LogP contribution in [0.5, 0.6) is 0 Å². The molecule has 144 valence electrons. The van der Waals surface area contributed by atoms with Crippen molar-refractivity contribution in [1.82, 2.24) is 0 Å². The number of halogens is 2. The SMILES string of the molecule is CCON=C(C)C(=O)C1=C(O)C=C(CCSc2ccc(Cl)c(Cl)c2)CC1=O. The summed E-state index contributed by atoms with van der Waals surface area (Å²) in [5.74, 6) is -0.665. The van der Waals surface area contributed by atoms with Gasteiger partial charge >= 0.3 is 0 Å². The van der Waals surface area contributed by atoms with Gasteiger partial charge in [-0.3, -0.25) is 9.59 Å². The summed E-state index contributed by atoms with van der Waals surface area (Å²) in [6.45, 7) is 3.48. The number of allylic oxidation sites excluding steroid dienone is 3. The number of benzene rings is 1. The second-order valence-corrected chi connectivity index (χ2v) is 7.74. The Labute approximate surface area is 172 Å². The van der Waals surface area contributed by atoms with Gasteiger partial charge in [0.1, 0.15) is 23.7 Å². The molecule has 0 aromatic heterocycles. The van der Waals surface area contributed by atoms with Gasteiger partial charge in [-0.05, 0) is 44.5 Å². The van der Waals surface area contributed by atoms with E-state index in [4.69, 9.17) is 28.0 Å². The lowest BCUT2D eigenvalue weighted by Crippen LogP contribution is -2.24. The normalized spacial score (nSPS) is 15.0. The Bertz CT molecular complexity index is 846. The summed E-state index contributed by atoms with van der Waals surface area (Å²) in [5, 5.41) is 14.8. The first-order chi connectivity index (χ1) is 12.8. The van der Waals surface area contributed by atoms with E-state index in [1.54, 1.807) is 30.8 Å². The van der Waals surface area contributed by atoms with Gasteiger partial charge in [-0.1, -0.05) is 33.9 Å². The standard InChI is InChI=1S/C19H19Cl2NO4S/c1-3-26-22-11(2)19(25)18-16(23)8-12(9-17(18)24)6-7-27-13-4-5-14(20)15(21)10-13/h4-5,8,10,23H,3,6-7,9H2,1-2H3. The van der Waals surface area contributed by atoms with Crippen LogP contribution in [0.15, 0.2) is 51.2 Å².